The Morgan fingerprint density at radius 3 is 2.56 bits per heavy atom. The van der Waals surface area contributed by atoms with E-state index in [4.69, 9.17) is 4.74 Å². The van der Waals surface area contributed by atoms with Crippen molar-refractivity contribution in [1.29, 1.82) is 0 Å². The Morgan fingerprint density at radius 1 is 1.19 bits per heavy atom. The van der Waals surface area contributed by atoms with E-state index >= 15 is 0 Å². The van der Waals surface area contributed by atoms with E-state index in [-0.39, 0.29) is 17.9 Å². The predicted octanol–water partition coefficient (Wildman–Crippen LogP) is 2.80. The molecule has 168 valence electrons. The number of hydrogen-bond donors (Lipinski definition) is 1. The molecule has 1 N–H and O–H groups in total. The first kappa shape index (κ1) is 21.5. The topological polar surface area (TPSA) is 98.1 Å². The number of carbonyl (C=O) groups excluding carboxylic acids is 1. The summed E-state index contributed by atoms with van der Waals surface area (Å²) in [6.45, 7) is 0.893. The molecule has 1 fully saturated rings. The van der Waals surface area contributed by atoms with Crippen molar-refractivity contribution >= 4 is 11.9 Å². The molecule has 1 aliphatic heterocycles. The van der Waals surface area contributed by atoms with Crippen LogP contribution in [0.2, 0.25) is 0 Å². The Morgan fingerprint density at radius 2 is 1.91 bits per heavy atom. The average molecular weight is 447 g/mol. The summed E-state index contributed by atoms with van der Waals surface area (Å²) in [6.07, 6.45) is 1.45. The van der Waals surface area contributed by atoms with Gasteiger partial charge in [-0.25, -0.2) is 9.97 Å². The molecule has 1 aliphatic rings. The number of amides is 1. The number of ether oxygens (including phenoxy) is 1. The minimum atomic E-state index is -4.49. The number of methoxy groups -OCH3 is 1. The molecule has 0 spiro atoms. The summed E-state index contributed by atoms with van der Waals surface area (Å²) < 4.78 is 43.4. The number of hydrogen-bond acceptors (Lipinski definition) is 7. The van der Waals surface area contributed by atoms with Gasteiger partial charge in [0.25, 0.3) is 5.91 Å². The molecule has 1 atom stereocenters. The van der Waals surface area contributed by atoms with Crippen LogP contribution in [-0.2, 0) is 6.18 Å². The fraction of sp³-hybridized carbons (Fsp3) is 0.350. The van der Waals surface area contributed by atoms with Gasteiger partial charge in [-0.15, -0.1) is 0 Å². The zero-order valence-corrected chi connectivity index (χ0v) is 17.1. The number of likely N-dealkylation sites (tertiary alicyclic amines) is 1. The van der Waals surface area contributed by atoms with E-state index in [1.54, 1.807) is 23.1 Å². The van der Waals surface area contributed by atoms with Crippen LogP contribution in [0.25, 0.3) is 5.69 Å². The number of nitrogens with one attached hydrogen (secondary N) is 1. The second-order valence-corrected chi connectivity index (χ2v) is 7.23. The molecule has 0 radical (unpaired) electrons. The largest absolute Gasteiger partial charge is 0.497 e. The number of halogens is 3. The highest BCUT2D eigenvalue weighted by molar-refractivity contribution is 5.98. The van der Waals surface area contributed by atoms with E-state index in [2.05, 4.69) is 25.5 Å². The van der Waals surface area contributed by atoms with Gasteiger partial charge < -0.3 is 15.0 Å². The van der Waals surface area contributed by atoms with Crippen LogP contribution in [-0.4, -0.2) is 62.0 Å². The summed E-state index contributed by atoms with van der Waals surface area (Å²) in [4.78, 5) is 23.8. The smallest absolute Gasteiger partial charge is 0.419 e. The lowest BCUT2D eigenvalue weighted by Gasteiger charge is -2.33. The van der Waals surface area contributed by atoms with Crippen LogP contribution in [0, 0.1) is 0 Å². The summed E-state index contributed by atoms with van der Waals surface area (Å²) in [5.74, 6) is 0.439. The molecule has 1 amide bonds. The lowest BCUT2D eigenvalue weighted by molar-refractivity contribution is -0.138. The fourth-order valence-electron chi connectivity index (χ4n) is 3.51. The van der Waals surface area contributed by atoms with Crippen LogP contribution in [0.15, 0.2) is 43.0 Å². The normalized spacial score (nSPS) is 16.6. The molecule has 0 bridgehead atoms. The lowest BCUT2D eigenvalue weighted by atomic mass is 10.0. The maximum Gasteiger partial charge on any atom is 0.419 e. The van der Waals surface area contributed by atoms with Gasteiger partial charge in [-0.2, -0.15) is 28.2 Å². The Kier molecular flexibility index (Phi) is 5.93. The molecule has 3 aromatic rings. The molecule has 1 unspecified atom stereocenters. The Balaban J connectivity index is 1.50. The number of nitrogens with zero attached hydrogens (tertiary/aromatic N) is 6. The molecule has 2 aromatic heterocycles. The maximum absolute atomic E-state index is 13.3. The molecule has 32 heavy (non-hydrogen) atoms. The van der Waals surface area contributed by atoms with Crippen molar-refractivity contribution in [3.8, 4) is 11.4 Å². The zero-order chi connectivity index (χ0) is 22.7. The third-order valence-corrected chi connectivity index (χ3v) is 5.09. The molecular formula is C20H20F3N7O2. The van der Waals surface area contributed by atoms with E-state index in [0.717, 1.165) is 25.2 Å². The van der Waals surface area contributed by atoms with Gasteiger partial charge in [0.2, 0.25) is 5.95 Å². The standard InChI is InChI=1S/C20H20F3N7O2/c1-32-15-4-5-16(17(9-15)30-26-6-7-27-30)18(31)29-8-2-3-14(12-29)28-19-24-10-13(11-25-19)20(21,22)23/h4-7,9-11,14H,2-3,8,12H2,1H3,(H,24,25,28). The molecule has 0 saturated carbocycles. The predicted molar refractivity (Wildman–Crippen MR) is 107 cm³/mol. The number of anilines is 1. The van der Waals surface area contributed by atoms with Gasteiger partial charge in [-0.3, -0.25) is 4.79 Å². The van der Waals surface area contributed by atoms with Crippen molar-refractivity contribution in [2.75, 3.05) is 25.5 Å². The summed E-state index contributed by atoms with van der Waals surface area (Å²) in [6, 6.07) is 4.84. The first-order valence-electron chi connectivity index (χ1n) is 9.85. The Bertz CT molecular complexity index is 1070. The lowest BCUT2D eigenvalue weighted by Crippen LogP contribution is -2.45. The van der Waals surface area contributed by atoms with Gasteiger partial charge in [-0.1, -0.05) is 0 Å². The number of benzene rings is 1. The Hall–Kier alpha value is -3.70. The van der Waals surface area contributed by atoms with Crippen molar-refractivity contribution in [2.24, 2.45) is 0 Å². The summed E-state index contributed by atoms with van der Waals surface area (Å²) in [5.41, 5.74) is -0.0169. The molecule has 1 aromatic carbocycles. The number of rotatable bonds is 5. The van der Waals surface area contributed by atoms with Crippen LogP contribution in [0.5, 0.6) is 5.75 Å². The second-order valence-electron chi connectivity index (χ2n) is 7.23. The van der Waals surface area contributed by atoms with E-state index < -0.39 is 11.7 Å². The molecule has 12 heteroatoms. The highest BCUT2D eigenvalue weighted by Gasteiger charge is 2.32. The second kappa shape index (κ2) is 8.81. The highest BCUT2D eigenvalue weighted by atomic mass is 19.4. The van der Waals surface area contributed by atoms with Crippen LogP contribution in [0.1, 0.15) is 28.8 Å². The zero-order valence-electron chi connectivity index (χ0n) is 17.1. The van der Waals surface area contributed by atoms with Crippen molar-refractivity contribution in [2.45, 2.75) is 25.1 Å². The summed E-state index contributed by atoms with van der Waals surface area (Å²) >= 11 is 0. The van der Waals surface area contributed by atoms with Gasteiger partial charge in [-0.05, 0) is 25.0 Å². The van der Waals surface area contributed by atoms with E-state index in [1.807, 2.05) is 0 Å². The molecule has 0 aliphatic carbocycles. The number of aromatic nitrogens is 5. The minimum absolute atomic E-state index is 0.0863. The summed E-state index contributed by atoms with van der Waals surface area (Å²) in [5, 5.41) is 11.3. The minimum Gasteiger partial charge on any atom is -0.497 e. The fourth-order valence-corrected chi connectivity index (χ4v) is 3.51. The van der Waals surface area contributed by atoms with Crippen molar-refractivity contribution in [3.63, 3.8) is 0 Å². The molecule has 1 saturated heterocycles. The quantitative estimate of drug-likeness (QED) is 0.642. The van der Waals surface area contributed by atoms with E-state index in [1.165, 1.54) is 24.3 Å². The monoisotopic (exact) mass is 447 g/mol. The van der Waals surface area contributed by atoms with Crippen LogP contribution < -0.4 is 10.1 Å². The summed E-state index contributed by atoms with van der Waals surface area (Å²) in [7, 11) is 1.53. The highest BCUT2D eigenvalue weighted by Crippen LogP contribution is 2.28. The first-order chi connectivity index (χ1) is 15.3. The number of piperidine rings is 1. The van der Waals surface area contributed by atoms with E-state index in [0.29, 0.717) is 30.1 Å². The van der Waals surface area contributed by atoms with Crippen molar-refractivity contribution in [1.82, 2.24) is 29.9 Å². The number of alkyl halides is 3. The van der Waals surface area contributed by atoms with Gasteiger partial charge in [0, 0.05) is 37.6 Å². The molecule has 4 rings (SSSR count). The van der Waals surface area contributed by atoms with Crippen LogP contribution in [0.3, 0.4) is 0 Å². The molecule has 3 heterocycles. The van der Waals surface area contributed by atoms with Crippen LogP contribution >= 0.6 is 0 Å². The first-order valence-corrected chi connectivity index (χ1v) is 9.85. The van der Waals surface area contributed by atoms with Crippen molar-refractivity contribution < 1.29 is 22.7 Å². The number of carbonyl (C=O) groups is 1. The average Bonchev–Trinajstić information content (AvgIpc) is 3.33. The SMILES string of the molecule is COc1ccc(C(=O)N2CCCC(Nc3ncc(C(F)(F)F)cn3)C2)c(-n2nccn2)c1. The van der Waals surface area contributed by atoms with Gasteiger partial charge in [0.1, 0.15) is 11.4 Å². The van der Waals surface area contributed by atoms with Gasteiger partial charge >= 0.3 is 6.18 Å². The Labute approximate surface area is 181 Å². The molecular weight excluding hydrogens is 427 g/mol. The van der Waals surface area contributed by atoms with Crippen LogP contribution in [0.4, 0.5) is 19.1 Å². The van der Waals surface area contributed by atoms with Gasteiger partial charge in [0.05, 0.1) is 30.6 Å². The van der Waals surface area contributed by atoms with Crippen molar-refractivity contribution in [3.05, 3.63) is 54.1 Å². The van der Waals surface area contributed by atoms with E-state index in [9.17, 15) is 18.0 Å². The third kappa shape index (κ3) is 4.63. The molecule has 9 nitrogen and oxygen atoms in total. The van der Waals surface area contributed by atoms with Gasteiger partial charge in [0.15, 0.2) is 0 Å². The maximum atomic E-state index is 13.3. The third-order valence-electron chi connectivity index (χ3n) is 5.09.